The summed E-state index contributed by atoms with van der Waals surface area (Å²) >= 11 is 0. The maximum atomic E-state index is 10.7. The van der Waals surface area contributed by atoms with Crippen LogP contribution in [-0.4, -0.2) is 29.4 Å². The molecule has 0 aliphatic carbocycles. The van der Waals surface area contributed by atoms with Crippen LogP contribution in [0.5, 0.6) is 0 Å². The van der Waals surface area contributed by atoms with Crippen LogP contribution in [0.1, 0.15) is 90.9 Å². The van der Waals surface area contributed by atoms with Crippen molar-refractivity contribution in [3.05, 3.63) is 0 Å². The van der Waals surface area contributed by atoms with Gasteiger partial charge in [0, 0.05) is 5.25 Å². The van der Waals surface area contributed by atoms with Gasteiger partial charge in [0.2, 0.25) is 0 Å². The maximum Gasteiger partial charge on any atom is 1.00 e. The molecule has 0 heterocycles. The number of aliphatic hydroxyl groups excluding tert-OH is 1. The third kappa shape index (κ3) is 15.8. The minimum absolute atomic E-state index is 0. The van der Waals surface area contributed by atoms with Crippen molar-refractivity contribution in [3.63, 3.8) is 0 Å². The maximum absolute atomic E-state index is 10.7. The molecule has 0 radical (unpaired) electrons. The topological polar surface area (TPSA) is 77.4 Å². The smallest absolute Gasteiger partial charge is 0.748 e. The first-order valence-electron chi connectivity index (χ1n) is 8.50. The Bertz CT molecular complexity index is 333. The minimum atomic E-state index is -4.26. The first-order chi connectivity index (χ1) is 9.88. The van der Waals surface area contributed by atoms with Crippen LogP contribution in [0.2, 0.25) is 0 Å². The first kappa shape index (κ1) is 25.1. The molecular formula is C16H33NaO4S. The van der Waals surface area contributed by atoms with E-state index < -0.39 is 21.5 Å². The van der Waals surface area contributed by atoms with E-state index in [-0.39, 0.29) is 36.0 Å². The van der Waals surface area contributed by atoms with Crippen molar-refractivity contribution >= 4 is 10.1 Å². The van der Waals surface area contributed by atoms with Crippen molar-refractivity contribution in [3.8, 4) is 0 Å². The molecule has 2 unspecified atom stereocenters. The van der Waals surface area contributed by atoms with Crippen LogP contribution >= 0.6 is 0 Å². The fourth-order valence-electron chi connectivity index (χ4n) is 2.49. The van der Waals surface area contributed by atoms with E-state index in [4.69, 9.17) is 0 Å². The number of aliphatic hydroxyl groups is 1. The van der Waals surface area contributed by atoms with Crippen molar-refractivity contribution in [1.82, 2.24) is 0 Å². The van der Waals surface area contributed by atoms with Crippen LogP contribution in [0.25, 0.3) is 0 Å². The summed E-state index contributed by atoms with van der Waals surface area (Å²) in [6, 6.07) is 0. The van der Waals surface area contributed by atoms with Gasteiger partial charge >= 0.3 is 29.6 Å². The zero-order valence-electron chi connectivity index (χ0n) is 14.7. The van der Waals surface area contributed by atoms with Gasteiger partial charge in [0.05, 0.1) is 16.2 Å². The van der Waals surface area contributed by atoms with Crippen molar-refractivity contribution in [2.45, 2.75) is 102 Å². The Kier molecular flexibility index (Phi) is 17.6. The Morgan fingerprint density at radius 1 is 0.909 bits per heavy atom. The minimum Gasteiger partial charge on any atom is -0.748 e. The molecule has 0 saturated heterocycles. The number of hydrogen-bond acceptors (Lipinski definition) is 4. The van der Waals surface area contributed by atoms with E-state index in [2.05, 4.69) is 6.92 Å². The monoisotopic (exact) mass is 344 g/mol. The molecule has 0 saturated carbocycles. The van der Waals surface area contributed by atoms with Crippen LogP contribution < -0.4 is 29.6 Å². The molecule has 0 spiro atoms. The Hall–Kier alpha value is 0.870. The van der Waals surface area contributed by atoms with Gasteiger partial charge in [-0.2, -0.15) is 0 Å². The molecule has 128 valence electrons. The molecular weight excluding hydrogens is 311 g/mol. The fourth-order valence-corrected chi connectivity index (χ4v) is 2.94. The Balaban J connectivity index is 0. The molecule has 0 fully saturated rings. The predicted octanol–water partition coefficient (Wildman–Crippen LogP) is 0.986. The third-order valence-electron chi connectivity index (χ3n) is 3.99. The van der Waals surface area contributed by atoms with Gasteiger partial charge in [-0.1, -0.05) is 71.1 Å². The summed E-state index contributed by atoms with van der Waals surface area (Å²) in [5.74, 6) is 0. The third-order valence-corrected chi connectivity index (χ3v) is 5.17. The van der Waals surface area contributed by atoms with Crippen molar-refractivity contribution in [1.29, 1.82) is 0 Å². The molecule has 0 amide bonds. The first-order valence-corrected chi connectivity index (χ1v) is 9.97. The molecule has 6 heteroatoms. The van der Waals surface area contributed by atoms with Gasteiger partial charge in [-0.15, -0.1) is 0 Å². The summed E-state index contributed by atoms with van der Waals surface area (Å²) < 4.78 is 32.2. The zero-order chi connectivity index (χ0) is 16.1. The summed E-state index contributed by atoms with van der Waals surface area (Å²) in [6.45, 7) is 3.59. The fraction of sp³-hybridized carbons (Fsp3) is 1.00. The van der Waals surface area contributed by atoms with Crippen molar-refractivity contribution in [2.75, 3.05) is 0 Å². The zero-order valence-corrected chi connectivity index (χ0v) is 17.5. The second-order valence-electron chi connectivity index (χ2n) is 6.16. The molecule has 4 nitrogen and oxygen atoms in total. The van der Waals surface area contributed by atoms with Gasteiger partial charge < -0.3 is 9.66 Å². The molecule has 1 N–H and O–H groups in total. The Morgan fingerprint density at radius 3 is 1.73 bits per heavy atom. The van der Waals surface area contributed by atoms with Gasteiger partial charge in [-0.3, -0.25) is 0 Å². The summed E-state index contributed by atoms with van der Waals surface area (Å²) in [7, 11) is -4.26. The van der Waals surface area contributed by atoms with Crippen LogP contribution in [0.15, 0.2) is 0 Å². The van der Waals surface area contributed by atoms with Gasteiger partial charge in [0.15, 0.2) is 0 Å². The number of unbranched alkanes of at least 4 members (excludes halogenated alkanes) is 9. The molecule has 0 aliphatic rings. The normalized spacial score (nSPS) is 14.4. The number of hydrogen-bond donors (Lipinski definition) is 1. The van der Waals surface area contributed by atoms with E-state index in [1.54, 1.807) is 0 Å². The van der Waals surface area contributed by atoms with Gasteiger partial charge in [0.25, 0.3) is 0 Å². The van der Waals surface area contributed by atoms with Crippen LogP contribution in [0, 0.1) is 0 Å². The molecule has 0 aromatic rings. The second kappa shape index (κ2) is 15.4. The Labute approximate surface area is 159 Å². The average Bonchev–Trinajstić information content (AvgIpc) is 2.39. The molecule has 0 aromatic carbocycles. The largest absolute Gasteiger partial charge is 1.00 e. The molecule has 0 aromatic heterocycles. The van der Waals surface area contributed by atoms with E-state index >= 15 is 0 Å². The standard InChI is InChI=1S/C16H34O4S.Na/c1-3-4-5-6-7-8-9-10-11-12-13-16(17)14-15(2)21(18,19)20;/h15-17H,3-14H2,1-2H3,(H,18,19,20);/q;+1/p-1. The van der Waals surface area contributed by atoms with E-state index in [9.17, 15) is 18.1 Å². The van der Waals surface area contributed by atoms with Crippen LogP contribution in [-0.2, 0) is 10.1 Å². The number of rotatable bonds is 14. The van der Waals surface area contributed by atoms with Crippen molar-refractivity contribution in [2.24, 2.45) is 0 Å². The van der Waals surface area contributed by atoms with E-state index in [1.165, 1.54) is 58.3 Å². The summed E-state index contributed by atoms with van der Waals surface area (Å²) in [4.78, 5) is 0. The molecule has 0 bridgehead atoms. The summed E-state index contributed by atoms with van der Waals surface area (Å²) in [5, 5.41) is 8.71. The quantitative estimate of drug-likeness (QED) is 0.290. The van der Waals surface area contributed by atoms with Crippen LogP contribution in [0.3, 0.4) is 0 Å². The summed E-state index contributed by atoms with van der Waals surface area (Å²) in [6.07, 6.45) is 12.3. The SMILES string of the molecule is CCCCCCCCCCCCC(O)CC(C)S(=O)(=O)[O-].[Na+]. The molecule has 0 aliphatic heterocycles. The average molecular weight is 344 g/mol. The van der Waals surface area contributed by atoms with E-state index in [0.29, 0.717) is 6.42 Å². The van der Waals surface area contributed by atoms with Gasteiger partial charge in [-0.05, 0) is 19.8 Å². The van der Waals surface area contributed by atoms with Gasteiger partial charge in [0.1, 0.15) is 0 Å². The van der Waals surface area contributed by atoms with Crippen LogP contribution in [0.4, 0.5) is 0 Å². The second-order valence-corrected chi connectivity index (χ2v) is 7.95. The van der Waals surface area contributed by atoms with Crippen molar-refractivity contribution < 1.29 is 47.6 Å². The molecule has 0 rings (SSSR count). The van der Waals surface area contributed by atoms with E-state index in [1.807, 2.05) is 0 Å². The Morgan fingerprint density at radius 2 is 1.32 bits per heavy atom. The molecule has 2 atom stereocenters. The van der Waals surface area contributed by atoms with Gasteiger partial charge in [-0.25, -0.2) is 8.42 Å². The van der Waals surface area contributed by atoms with E-state index in [0.717, 1.165) is 12.8 Å². The molecule has 22 heavy (non-hydrogen) atoms. The summed E-state index contributed by atoms with van der Waals surface area (Å²) in [5.41, 5.74) is 0. The predicted molar refractivity (Wildman–Crippen MR) is 86.2 cm³/mol.